The molecule has 0 aliphatic rings. The molecule has 366 valence electrons. The van der Waals surface area contributed by atoms with E-state index in [0.717, 1.165) is 94.1 Å². The van der Waals surface area contributed by atoms with Crippen molar-refractivity contribution in [2.24, 2.45) is 0 Å². The van der Waals surface area contributed by atoms with Gasteiger partial charge in [0, 0.05) is 49.4 Å². The molecule has 0 spiro atoms. The first-order chi connectivity index (χ1) is 38.4. The highest BCUT2D eigenvalue weighted by atomic mass is 15.0. The molecule has 0 saturated carbocycles. The number of fused-ring (bicyclic) bond motifs is 6. The van der Waals surface area contributed by atoms with Gasteiger partial charge in [-0.1, -0.05) is 187 Å². The Labute approximate surface area is 452 Å². The average molecular weight is 997 g/mol. The number of hydrogen-bond acceptors (Lipinski definition) is 4. The molecule has 6 heteroatoms. The predicted molar refractivity (Wildman–Crippen MR) is 321 cm³/mol. The molecule has 14 rings (SSSR count). The number of hydrogen-bond donors (Lipinski definition) is 0. The van der Waals surface area contributed by atoms with E-state index in [1.807, 2.05) is 84.9 Å². The number of aryl methyl sites for hydroxylation is 2. The van der Waals surface area contributed by atoms with Crippen LogP contribution in [0.5, 0.6) is 0 Å². The van der Waals surface area contributed by atoms with E-state index in [0.29, 0.717) is 23.0 Å². The largest absolute Gasteiger partial charge is 0.309 e. The highest BCUT2D eigenvalue weighted by Crippen LogP contribution is 2.45. The number of nitriles is 1. The smallest absolute Gasteiger partial charge is 0.164 e. The van der Waals surface area contributed by atoms with Gasteiger partial charge in [0.15, 0.2) is 17.5 Å². The van der Waals surface area contributed by atoms with Crippen molar-refractivity contribution in [2.75, 3.05) is 0 Å². The molecule has 0 radical (unpaired) electrons. The van der Waals surface area contributed by atoms with E-state index in [-0.39, 0.29) is 0 Å². The Morgan fingerprint density at radius 2 is 0.667 bits per heavy atom. The predicted octanol–water partition coefficient (Wildman–Crippen LogP) is 18.2. The number of para-hydroxylation sites is 2. The zero-order valence-electron chi connectivity index (χ0n) is 42.9. The Balaban J connectivity index is 1.08. The van der Waals surface area contributed by atoms with Gasteiger partial charge in [-0.3, -0.25) is 0 Å². The van der Waals surface area contributed by atoms with Gasteiger partial charge in [0.2, 0.25) is 0 Å². The lowest BCUT2D eigenvalue weighted by molar-refractivity contribution is 1.07. The van der Waals surface area contributed by atoms with Crippen LogP contribution in [0.3, 0.4) is 0 Å². The molecule has 78 heavy (non-hydrogen) atoms. The molecular formula is C72H48N6. The second-order valence-electron chi connectivity index (χ2n) is 20.1. The Morgan fingerprint density at radius 1 is 0.295 bits per heavy atom. The first-order valence-corrected chi connectivity index (χ1v) is 26.3. The molecule has 0 atom stereocenters. The summed E-state index contributed by atoms with van der Waals surface area (Å²) in [6.45, 7) is 4.29. The lowest BCUT2D eigenvalue weighted by Crippen LogP contribution is -2.04. The van der Waals surface area contributed by atoms with Crippen molar-refractivity contribution in [1.29, 1.82) is 5.26 Å². The molecule has 0 bridgehead atoms. The van der Waals surface area contributed by atoms with Crippen LogP contribution in [0.1, 0.15) is 16.7 Å². The molecule has 0 N–H and O–H groups in total. The number of aromatic nitrogens is 5. The van der Waals surface area contributed by atoms with Crippen molar-refractivity contribution >= 4 is 43.6 Å². The molecule has 0 saturated heterocycles. The molecule has 3 aromatic heterocycles. The summed E-state index contributed by atoms with van der Waals surface area (Å²) in [6.07, 6.45) is 0. The van der Waals surface area contributed by atoms with Crippen LogP contribution < -0.4 is 0 Å². The first kappa shape index (κ1) is 46.1. The normalized spacial score (nSPS) is 11.4. The average Bonchev–Trinajstić information content (AvgIpc) is 4.20. The summed E-state index contributed by atoms with van der Waals surface area (Å²) in [5.41, 5.74) is 20.8. The third kappa shape index (κ3) is 8.10. The van der Waals surface area contributed by atoms with Crippen molar-refractivity contribution in [3.05, 3.63) is 271 Å². The minimum absolute atomic E-state index is 0.561. The zero-order chi connectivity index (χ0) is 52.3. The Morgan fingerprint density at radius 3 is 1.15 bits per heavy atom. The highest BCUT2D eigenvalue weighted by Gasteiger charge is 2.24. The van der Waals surface area contributed by atoms with Gasteiger partial charge in [0.05, 0.1) is 45.1 Å². The maximum Gasteiger partial charge on any atom is 0.164 e. The van der Waals surface area contributed by atoms with E-state index in [1.54, 1.807) is 0 Å². The number of rotatable bonds is 9. The van der Waals surface area contributed by atoms with Crippen molar-refractivity contribution in [2.45, 2.75) is 13.8 Å². The Kier molecular flexibility index (Phi) is 11.2. The van der Waals surface area contributed by atoms with Gasteiger partial charge in [-0.15, -0.1) is 0 Å². The molecule has 0 unspecified atom stereocenters. The van der Waals surface area contributed by atoms with Crippen LogP contribution in [-0.4, -0.2) is 24.1 Å². The highest BCUT2D eigenvalue weighted by molar-refractivity contribution is 6.13. The van der Waals surface area contributed by atoms with E-state index >= 15 is 0 Å². The second-order valence-corrected chi connectivity index (χ2v) is 20.1. The van der Waals surface area contributed by atoms with E-state index in [9.17, 15) is 5.26 Å². The summed E-state index contributed by atoms with van der Waals surface area (Å²) in [6, 6.07) is 92.7. The van der Waals surface area contributed by atoms with E-state index < -0.39 is 0 Å². The standard InChI is InChI=1S/C72H48N6/c1-46-15-13-21-52(39-46)55-32-36-66-60(42-55)58-23-9-11-25-64(58)77(66)68-35-31-54(49-29-27-48(45-73)28-30-49)41-62(68)63-44-57(72-75-70(50-17-5-3-6-18-50)74-71(76-72)51-19-7-4-8-20-51)34-38-69(63)78-65-26-12-10-24-59(65)61-43-56(33-37-67(61)78)53-22-14-16-47(2)40-53/h3-44H,1-2H3. The molecule has 11 aromatic carbocycles. The van der Waals surface area contributed by atoms with Crippen molar-refractivity contribution in [3.8, 4) is 96.1 Å². The van der Waals surface area contributed by atoms with Gasteiger partial charge in [-0.25, -0.2) is 15.0 Å². The topological polar surface area (TPSA) is 72.3 Å². The van der Waals surface area contributed by atoms with E-state index in [1.165, 1.54) is 33.2 Å². The fourth-order valence-electron chi connectivity index (χ4n) is 11.4. The lowest BCUT2D eigenvalue weighted by Gasteiger charge is -2.21. The third-order valence-electron chi connectivity index (χ3n) is 15.1. The van der Waals surface area contributed by atoms with Crippen LogP contribution in [0.25, 0.3) is 134 Å². The second kappa shape index (κ2) is 19.0. The van der Waals surface area contributed by atoms with Gasteiger partial charge in [-0.2, -0.15) is 5.26 Å². The summed E-state index contributed by atoms with van der Waals surface area (Å²) in [4.78, 5) is 15.7. The van der Waals surface area contributed by atoms with Gasteiger partial charge in [0.25, 0.3) is 0 Å². The molecule has 0 fully saturated rings. The molecule has 6 nitrogen and oxygen atoms in total. The van der Waals surface area contributed by atoms with Crippen molar-refractivity contribution < 1.29 is 0 Å². The zero-order valence-corrected chi connectivity index (χ0v) is 42.9. The summed E-state index contributed by atoms with van der Waals surface area (Å²) in [5, 5.41) is 14.5. The SMILES string of the molecule is Cc1cccc(-c2ccc3c(c2)c2ccccc2n3-c2ccc(-c3ccc(C#N)cc3)cc2-c2cc(-c3nc(-c4ccccc4)nc(-c4ccccc4)n3)ccc2-n2c3ccccc3c3cc(-c4cccc(C)c4)ccc32)c1. The summed E-state index contributed by atoms with van der Waals surface area (Å²) >= 11 is 0. The fourth-order valence-corrected chi connectivity index (χ4v) is 11.4. The van der Waals surface area contributed by atoms with Crippen molar-refractivity contribution in [3.63, 3.8) is 0 Å². The van der Waals surface area contributed by atoms with Crippen LogP contribution in [0.2, 0.25) is 0 Å². The molecular weight excluding hydrogens is 949 g/mol. The summed E-state index contributed by atoms with van der Waals surface area (Å²) in [5.74, 6) is 1.75. The van der Waals surface area contributed by atoms with E-state index in [2.05, 4.69) is 199 Å². The minimum Gasteiger partial charge on any atom is -0.309 e. The van der Waals surface area contributed by atoms with Crippen molar-refractivity contribution in [1.82, 2.24) is 24.1 Å². The number of benzene rings is 11. The monoisotopic (exact) mass is 996 g/mol. The molecule has 14 aromatic rings. The molecule has 3 heterocycles. The summed E-state index contributed by atoms with van der Waals surface area (Å²) in [7, 11) is 0. The van der Waals surface area contributed by atoms with Crippen LogP contribution in [0.4, 0.5) is 0 Å². The maximum absolute atomic E-state index is 9.87. The van der Waals surface area contributed by atoms with Gasteiger partial charge in [-0.05, 0) is 126 Å². The molecule has 0 aliphatic heterocycles. The summed E-state index contributed by atoms with van der Waals surface area (Å²) < 4.78 is 4.86. The van der Waals surface area contributed by atoms with Crippen LogP contribution in [-0.2, 0) is 0 Å². The van der Waals surface area contributed by atoms with Gasteiger partial charge < -0.3 is 9.13 Å². The Bertz CT molecular complexity index is 4640. The maximum atomic E-state index is 9.87. The quantitative estimate of drug-likeness (QED) is 0.144. The van der Waals surface area contributed by atoms with E-state index in [4.69, 9.17) is 15.0 Å². The molecule has 0 aliphatic carbocycles. The minimum atomic E-state index is 0.561. The van der Waals surface area contributed by atoms with Crippen LogP contribution >= 0.6 is 0 Å². The van der Waals surface area contributed by atoms with Crippen LogP contribution in [0, 0.1) is 25.2 Å². The lowest BCUT2D eigenvalue weighted by atomic mass is 9.94. The first-order valence-electron chi connectivity index (χ1n) is 26.3. The fraction of sp³-hybridized carbons (Fsp3) is 0.0278. The number of nitrogens with zero attached hydrogens (tertiary/aromatic N) is 6. The molecule has 0 amide bonds. The Hall–Kier alpha value is -10.5. The van der Waals surface area contributed by atoms with Gasteiger partial charge >= 0.3 is 0 Å². The van der Waals surface area contributed by atoms with Crippen LogP contribution in [0.15, 0.2) is 255 Å². The van der Waals surface area contributed by atoms with Gasteiger partial charge in [0.1, 0.15) is 0 Å². The third-order valence-corrected chi connectivity index (χ3v) is 15.1.